The number of benzene rings is 1. The van der Waals surface area contributed by atoms with E-state index in [0.717, 1.165) is 11.4 Å². The average molecular weight is 431 g/mol. The van der Waals surface area contributed by atoms with Crippen LogP contribution in [0.25, 0.3) is 5.69 Å². The topological polar surface area (TPSA) is 85.2 Å². The lowest BCUT2D eigenvalue weighted by Gasteiger charge is -2.21. The fraction of sp³-hybridized carbons (Fsp3) is 0.300. The molecule has 2 unspecified atom stereocenters. The maximum Gasteiger partial charge on any atom is 0.416 e. The predicted octanol–water partition coefficient (Wildman–Crippen LogP) is 4.17. The second-order valence-corrected chi connectivity index (χ2v) is 7.41. The van der Waals surface area contributed by atoms with Gasteiger partial charge in [0.1, 0.15) is 24.6 Å². The van der Waals surface area contributed by atoms with Crippen LogP contribution >= 0.6 is 11.6 Å². The van der Waals surface area contributed by atoms with E-state index >= 15 is 0 Å². The minimum atomic E-state index is -1.25. The lowest BCUT2D eigenvalue weighted by atomic mass is 10.2. The molecule has 3 aromatic rings. The number of ether oxygens (including phenoxy) is 1. The number of nitrogens with zero attached hydrogens (tertiary/aromatic N) is 5. The molecule has 3 heterocycles. The Kier molecular flexibility index (Phi) is 5.54. The number of carbonyl (C=O) groups is 1. The van der Waals surface area contributed by atoms with Gasteiger partial charge < -0.3 is 14.6 Å². The molecule has 1 N–H and O–H groups in total. The van der Waals surface area contributed by atoms with Gasteiger partial charge in [0, 0.05) is 23.1 Å². The van der Waals surface area contributed by atoms with Gasteiger partial charge in [-0.25, -0.2) is 19.2 Å². The Balaban J connectivity index is 1.50. The Morgan fingerprint density at radius 3 is 2.73 bits per heavy atom. The first-order valence-electron chi connectivity index (χ1n) is 9.42. The summed E-state index contributed by atoms with van der Waals surface area (Å²) in [4.78, 5) is 26.3. The highest BCUT2D eigenvalue weighted by Gasteiger charge is 2.39. The van der Waals surface area contributed by atoms with E-state index in [1.807, 2.05) is 42.0 Å². The van der Waals surface area contributed by atoms with Gasteiger partial charge in [-0.3, -0.25) is 4.90 Å². The first-order chi connectivity index (χ1) is 14.4. The molecule has 2 aromatic heterocycles. The van der Waals surface area contributed by atoms with Crippen molar-refractivity contribution in [2.45, 2.75) is 32.1 Å². The molecule has 1 aliphatic heterocycles. The van der Waals surface area contributed by atoms with Gasteiger partial charge in [0.05, 0.1) is 18.1 Å². The Labute approximate surface area is 177 Å². The molecule has 156 valence electrons. The third-order valence-corrected chi connectivity index (χ3v) is 5.09. The van der Waals surface area contributed by atoms with Crippen LogP contribution in [0.5, 0.6) is 0 Å². The zero-order chi connectivity index (χ0) is 21.3. The van der Waals surface area contributed by atoms with Crippen LogP contribution in [0.15, 0.2) is 49.1 Å². The zero-order valence-corrected chi connectivity index (χ0v) is 17.1. The number of anilines is 2. The van der Waals surface area contributed by atoms with Gasteiger partial charge in [-0.1, -0.05) is 11.6 Å². The molecule has 0 saturated carbocycles. The van der Waals surface area contributed by atoms with Crippen molar-refractivity contribution in [3.8, 4) is 5.69 Å². The van der Waals surface area contributed by atoms with Crippen LogP contribution in [-0.2, 0) is 4.74 Å². The van der Waals surface area contributed by atoms with Crippen LogP contribution in [0.1, 0.15) is 25.6 Å². The minimum Gasteiger partial charge on any atom is -0.447 e. The van der Waals surface area contributed by atoms with Gasteiger partial charge in [0.25, 0.3) is 0 Å². The fourth-order valence-electron chi connectivity index (χ4n) is 3.17. The van der Waals surface area contributed by atoms with Crippen molar-refractivity contribution < 1.29 is 13.9 Å². The van der Waals surface area contributed by atoms with Gasteiger partial charge in [-0.2, -0.15) is 4.98 Å². The van der Waals surface area contributed by atoms with Crippen molar-refractivity contribution in [3.05, 3.63) is 59.8 Å². The van der Waals surface area contributed by atoms with Gasteiger partial charge >= 0.3 is 6.09 Å². The lowest BCUT2D eigenvalue weighted by Crippen LogP contribution is -2.39. The van der Waals surface area contributed by atoms with Crippen molar-refractivity contribution in [3.63, 3.8) is 0 Å². The number of rotatable bonds is 6. The summed E-state index contributed by atoms with van der Waals surface area (Å²) in [6.45, 7) is 3.29. The molecular weight excluding hydrogens is 411 g/mol. The molecular formula is C20H20ClFN6O2. The van der Waals surface area contributed by atoms with Crippen molar-refractivity contribution >= 4 is 29.5 Å². The number of imidazole rings is 1. The SMILES string of the molecule is CC(Nc1nccc(N2C(=O)OC[C@@H]2C(C)F)n1)c1cn(-c2ccc(Cl)cc2)cn1. The fourth-order valence-corrected chi connectivity index (χ4v) is 3.30. The van der Waals surface area contributed by atoms with Crippen LogP contribution < -0.4 is 10.2 Å². The lowest BCUT2D eigenvalue weighted by molar-refractivity contribution is 0.174. The smallest absolute Gasteiger partial charge is 0.416 e. The van der Waals surface area contributed by atoms with Crippen molar-refractivity contribution in [2.75, 3.05) is 16.8 Å². The summed E-state index contributed by atoms with van der Waals surface area (Å²) in [6, 6.07) is 8.04. The summed E-state index contributed by atoms with van der Waals surface area (Å²) in [6.07, 6.45) is 3.24. The van der Waals surface area contributed by atoms with Gasteiger partial charge in [-0.05, 0) is 44.2 Å². The van der Waals surface area contributed by atoms with Crippen molar-refractivity contribution in [2.24, 2.45) is 0 Å². The normalized spacial score (nSPS) is 18.2. The molecule has 8 nitrogen and oxygen atoms in total. The van der Waals surface area contributed by atoms with E-state index in [-0.39, 0.29) is 18.5 Å². The van der Waals surface area contributed by atoms with Gasteiger partial charge in [0.15, 0.2) is 0 Å². The van der Waals surface area contributed by atoms with E-state index in [2.05, 4.69) is 20.3 Å². The molecule has 0 radical (unpaired) electrons. The first-order valence-corrected chi connectivity index (χ1v) is 9.79. The van der Waals surface area contributed by atoms with E-state index < -0.39 is 18.3 Å². The summed E-state index contributed by atoms with van der Waals surface area (Å²) < 4.78 is 20.7. The van der Waals surface area contributed by atoms with Crippen LogP contribution in [0.3, 0.4) is 0 Å². The third-order valence-electron chi connectivity index (χ3n) is 4.84. The summed E-state index contributed by atoms with van der Waals surface area (Å²) in [5.74, 6) is 0.578. The van der Waals surface area contributed by atoms with Gasteiger partial charge in [-0.15, -0.1) is 0 Å². The number of alkyl halides is 1. The Morgan fingerprint density at radius 1 is 1.23 bits per heavy atom. The summed E-state index contributed by atoms with van der Waals surface area (Å²) in [5, 5.41) is 3.83. The summed E-state index contributed by atoms with van der Waals surface area (Å²) in [5.41, 5.74) is 1.71. The standard InChI is InChI=1S/C20H20ClFN6O2/c1-12(22)17-10-30-20(29)28(17)18-7-8-23-19(26-18)25-13(2)16-9-27(11-24-16)15-5-3-14(21)4-6-15/h3-9,11-13,17H,10H2,1-2H3,(H,23,25,26)/t12?,13?,17-/m1/s1. The number of halogens is 2. The number of hydrogen-bond acceptors (Lipinski definition) is 6. The predicted molar refractivity (Wildman–Crippen MR) is 111 cm³/mol. The molecule has 3 atom stereocenters. The molecule has 0 aliphatic carbocycles. The number of amides is 1. The quantitative estimate of drug-likeness (QED) is 0.631. The zero-order valence-electron chi connectivity index (χ0n) is 16.4. The van der Waals surface area contributed by atoms with Crippen LogP contribution in [0, 0.1) is 0 Å². The number of aromatic nitrogens is 4. The van der Waals surface area contributed by atoms with E-state index in [9.17, 15) is 9.18 Å². The van der Waals surface area contributed by atoms with Crippen molar-refractivity contribution in [1.29, 1.82) is 0 Å². The maximum absolute atomic E-state index is 13.9. The highest BCUT2D eigenvalue weighted by atomic mass is 35.5. The Bertz CT molecular complexity index is 1040. The van der Waals surface area contributed by atoms with E-state index in [0.29, 0.717) is 11.0 Å². The molecule has 1 aromatic carbocycles. The van der Waals surface area contributed by atoms with E-state index in [1.54, 1.807) is 12.4 Å². The summed E-state index contributed by atoms with van der Waals surface area (Å²) >= 11 is 5.94. The Hall–Kier alpha value is -3.20. The molecule has 1 saturated heterocycles. The number of carbonyl (C=O) groups excluding carboxylic acids is 1. The van der Waals surface area contributed by atoms with Crippen molar-refractivity contribution in [1.82, 2.24) is 19.5 Å². The maximum atomic E-state index is 13.9. The highest BCUT2D eigenvalue weighted by molar-refractivity contribution is 6.30. The molecule has 0 bridgehead atoms. The second kappa shape index (κ2) is 8.27. The number of hydrogen-bond donors (Lipinski definition) is 1. The molecule has 1 amide bonds. The monoisotopic (exact) mass is 430 g/mol. The number of nitrogens with one attached hydrogen (secondary N) is 1. The van der Waals surface area contributed by atoms with E-state index in [4.69, 9.17) is 16.3 Å². The minimum absolute atomic E-state index is 0.0121. The first kappa shape index (κ1) is 20.1. The van der Waals surface area contributed by atoms with Crippen LogP contribution in [-0.4, -0.2) is 44.4 Å². The largest absolute Gasteiger partial charge is 0.447 e. The molecule has 1 aliphatic rings. The molecule has 1 fully saturated rings. The van der Waals surface area contributed by atoms with E-state index in [1.165, 1.54) is 18.0 Å². The summed E-state index contributed by atoms with van der Waals surface area (Å²) in [7, 11) is 0. The van der Waals surface area contributed by atoms with Crippen LogP contribution in [0.2, 0.25) is 5.02 Å². The highest BCUT2D eigenvalue weighted by Crippen LogP contribution is 2.25. The van der Waals surface area contributed by atoms with Crippen LogP contribution in [0.4, 0.5) is 21.0 Å². The second-order valence-electron chi connectivity index (χ2n) is 6.98. The van der Waals surface area contributed by atoms with Gasteiger partial charge in [0.2, 0.25) is 5.95 Å². The third kappa shape index (κ3) is 4.06. The average Bonchev–Trinajstić information content (AvgIpc) is 3.36. The molecule has 10 heteroatoms. The Morgan fingerprint density at radius 2 is 2.00 bits per heavy atom. The molecule has 30 heavy (non-hydrogen) atoms. The molecule has 4 rings (SSSR count). The molecule has 0 spiro atoms. The number of cyclic esters (lactones) is 1.